The molecular weight excluding hydrogens is 288 g/mol. The van der Waals surface area contributed by atoms with Crippen molar-refractivity contribution in [2.24, 2.45) is 0 Å². The molecule has 0 fully saturated rings. The summed E-state index contributed by atoms with van der Waals surface area (Å²) < 4.78 is 0. The lowest BCUT2D eigenvalue weighted by Gasteiger charge is -2.21. The van der Waals surface area contributed by atoms with Gasteiger partial charge in [0.15, 0.2) is 0 Å². The number of nitrogens with zero attached hydrogens (tertiary/aromatic N) is 2. The fraction of sp³-hybridized carbons (Fsp3) is 0.389. The van der Waals surface area contributed by atoms with Crippen LogP contribution in [0.15, 0.2) is 36.4 Å². The van der Waals surface area contributed by atoms with Crippen molar-refractivity contribution < 1.29 is 4.79 Å². The first kappa shape index (κ1) is 16.9. The van der Waals surface area contributed by atoms with Gasteiger partial charge in [-0.05, 0) is 40.2 Å². The van der Waals surface area contributed by atoms with Gasteiger partial charge in [0, 0.05) is 17.6 Å². The second kappa shape index (κ2) is 6.77. The van der Waals surface area contributed by atoms with Gasteiger partial charge in [-0.1, -0.05) is 30.3 Å². The van der Waals surface area contributed by atoms with E-state index in [4.69, 9.17) is 0 Å². The minimum Gasteiger partial charge on any atom is -0.363 e. The van der Waals surface area contributed by atoms with E-state index in [2.05, 4.69) is 39.7 Å². The zero-order valence-electron chi connectivity index (χ0n) is 14.3. The molecule has 5 heteroatoms. The molecule has 0 aliphatic heterocycles. The predicted molar refractivity (Wildman–Crippen MR) is 92.5 cm³/mol. The van der Waals surface area contributed by atoms with Gasteiger partial charge in [0.05, 0.1) is 0 Å². The normalized spacial score (nSPS) is 12.6. The molecule has 1 heterocycles. The Morgan fingerprint density at radius 1 is 1.13 bits per heavy atom. The molecule has 0 aliphatic carbocycles. The van der Waals surface area contributed by atoms with Gasteiger partial charge in [-0.15, -0.1) is 0 Å². The van der Waals surface area contributed by atoms with Crippen LogP contribution in [0.25, 0.3) is 0 Å². The predicted octanol–water partition coefficient (Wildman–Crippen LogP) is 3.49. The number of aromatic nitrogens is 2. The smallest absolute Gasteiger partial charge is 0.270 e. The molecule has 1 aromatic heterocycles. The second-order valence-electron chi connectivity index (χ2n) is 6.67. The highest BCUT2D eigenvalue weighted by Crippen LogP contribution is 2.18. The van der Waals surface area contributed by atoms with Crippen molar-refractivity contribution in [2.75, 3.05) is 5.32 Å². The van der Waals surface area contributed by atoms with E-state index in [1.54, 1.807) is 13.0 Å². The van der Waals surface area contributed by atoms with Gasteiger partial charge in [0.25, 0.3) is 5.91 Å². The third kappa shape index (κ3) is 5.06. The van der Waals surface area contributed by atoms with Crippen molar-refractivity contribution in [3.05, 3.63) is 53.5 Å². The van der Waals surface area contributed by atoms with Crippen molar-refractivity contribution in [1.29, 1.82) is 0 Å². The molecule has 122 valence electrons. The van der Waals surface area contributed by atoms with Crippen molar-refractivity contribution in [3.8, 4) is 0 Å². The van der Waals surface area contributed by atoms with E-state index in [0.717, 1.165) is 5.56 Å². The molecule has 0 bridgehead atoms. The summed E-state index contributed by atoms with van der Waals surface area (Å²) in [6.45, 7) is 9.66. The molecule has 0 radical (unpaired) electrons. The number of hydrogen-bond acceptors (Lipinski definition) is 4. The molecule has 1 amide bonds. The Morgan fingerprint density at radius 2 is 1.78 bits per heavy atom. The summed E-state index contributed by atoms with van der Waals surface area (Å²) in [4.78, 5) is 20.9. The molecule has 5 nitrogen and oxygen atoms in total. The van der Waals surface area contributed by atoms with Crippen LogP contribution >= 0.6 is 0 Å². The van der Waals surface area contributed by atoms with Crippen LogP contribution in [-0.4, -0.2) is 21.4 Å². The van der Waals surface area contributed by atoms with Crippen molar-refractivity contribution >= 4 is 11.7 Å². The molecule has 0 saturated heterocycles. The lowest BCUT2D eigenvalue weighted by molar-refractivity contribution is 0.0914. The first-order valence-electron chi connectivity index (χ1n) is 7.74. The average molecular weight is 312 g/mol. The SMILES string of the molecule is Cc1nc(NC(C)c2ccccc2)cc(C(=O)NC(C)(C)C)n1. The first-order chi connectivity index (χ1) is 10.7. The van der Waals surface area contributed by atoms with Crippen LogP contribution in [0.5, 0.6) is 0 Å². The van der Waals surface area contributed by atoms with Crippen molar-refractivity contribution in [3.63, 3.8) is 0 Å². The number of carbonyl (C=O) groups excluding carboxylic acids is 1. The number of nitrogens with one attached hydrogen (secondary N) is 2. The summed E-state index contributed by atoms with van der Waals surface area (Å²) in [5, 5.41) is 6.24. The molecular formula is C18H24N4O. The first-order valence-corrected chi connectivity index (χ1v) is 7.74. The number of amides is 1. The highest BCUT2D eigenvalue weighted by Gasteiger charge is 2.18. The average Bonchev–Trinajstić information content (AvgIpc) is 2.45. The van der Waals surface area contributed by atoms with Gasteiger partial charge >= 0.3 is 0 Å². The van der Waals surface area contributed by atoms with Gasteiger partial charge in [0.2, 0.25) is 0 Å². The quantitative estimate of drug-likeness (QED) is 0.907. The Bertz CT molecular complexity index is 677. The third-order valence-electron chi connectivity index (χ3n) is 3.22. The summed E-state index contributed by atoms with van der Waals surface area (Å²) in [7, 11) is 0. The number of anilines is 1. The number of rotatable bonds is 4. The van der Waals surface area contributed by atoms with E-state index in [1.165, 1.54) is 0 Å². The highest BCUT2D eigenvalue weighted by molar-refractivity contribution is 5.93. The minimum absolute atomic E-state index is 0.0871. The Kier molecular flexibility index (Phi) is 4.98. The van der Waals surface area contributed by atoms with E-state index in [9.17, 15) is 4.79 Å². The maximum atomic E-state index is 12.3. The van der Waals surface area contributed by atoms with Crippen molar-refractivity contribution in [2.45, 2.75) is 46.2 Å². The van der Waals surface area contributed by atoms with Gasteiger partial charge in [-0.2, -0.15) is 0 Å². The number of hydrogen-bond donors (Lipinski definition) is 2. The second-order valence-corrected chi connectivity index (χ2v) is 6.67. The van der Waals surface area contributed by atoms with Gasteiger partial charge in [-0.25, -0.2) is 9.97 Å². The minimum atomic E-state index is -0.305. The lowest BCUT2D eigenvalue weighted by atomic mass is 10.1. The van der Waals surface area contributed by atoms with Crippen LogP contribution in [0, 0.1) is 6.92 Å². The molecule has 2 rings (SSSR count). The summed E-state index contributed by atoms with van der Waals surface area (Å²) in [6.07, 6.45) is 0. The van der Waals surface area contributed by atoms with Gasteiger partial charge in [-0.3, -0.25) is 4.79 Å². The van der Waals surface area contributed by atoms with Crippen LogP contribution in [0.3, 0.4) is 0 Å². The van der Waals surface area contributed by atoms with Crippen LogP contribution < -0.4 is 10.6 Å². The lowest BCUT2D eigenvalue weighted by Crippen LogP contribution is -2.41. The van der Waals surface area contributed by atoms with E-state index in [0.29, 0.717) is 17.3 Å². The molecule has 1 aromatic carbocycles. The van der Waals surface area contributed by atoms with E-state index >= 15 is 0 Å². The Morgan fingerprint density at radius 3 is 2.39 bits per heavy atom. The molecule has 2 N–H and O–H groups in total. The maximum absolute atomic E-state index is 12.3. The number of benzene rings is 1. The van der Waals surface area contributed by atoms with E-state index in [1.807, 2.05) is 39.0 Å². The summed E-state index contributed by atoms with van der Waals surface area (Å²) >= 11 is 0. The third-order valence-corrected chi connectivity index (χ3v) is 3.22. The fourth-order valence-electron chi connectivity index (χ4n) is 2.21. The topological polar surface area (TPSA) is 66.9 Å². The maximum Gasteiger partial charge on any atom is 0.270 e. The molecule has 1 unspecified atom stereocenters. The summed E-state index contributed by atoms with van der Waals surface area (Å²) in [5.41, 5.74) is 1.22. The standard InChI is InChI=1S/C18H24N4O/c1-12(14-9-7-6-8-10-14)19-16-11-15(20-13(2)21-16)17(23)22-18(3,4)5/h6-12H,1-5H3,(H,22,23)(H,19,20,21). The van der Waals surface area contributed by atoms with Crippen molar-refractivity contribution in [1.82, 2.24) is 15.3 Å². The molecule has 2 aromatic rings. The number of aryl methyl sites for hydroxylation is 1. The fourth-order valence-corrected chi connectivity index (χ4v) is 2.21. The molecule has 0 saturated carbocycles. The van der Waals surface area contributed by atoms with Crippen LogP contribution in [0.4, 0.5) is 5.82 Å². The van der Waals surface area contributed by atoms with Gasteiger partial charge in [0.1, 0.15) is 17.3 Å². The van der Waals surface area contributed by atoms with E-state index in [-0.39, 0.29) is 17.5 Å². The molecule has 0 spiro atoms. The van der Waals surface area contributed by atoms with E-state index < -0.39 is 0 Å². The van der Waals surface area contributed by atoms with Crippen LogP contribution in [0.1, 0.15) is 55.6 Å². The van der Waals surface area contributed by atoms with Crippen LogP contribution in [0.2, 0.25) is 0 Å². The Hall–Kier alpha value is -2.43. The monoisotopic (exact) mass is 312 g/mol. The molecule has 23 heavy (non-hydrogen) atoms. The Balaban J connectivity index is 2.19. The zero-order valence-corrected chi connectivity index (χ0v) is 14.3. The number of carbonyl (C=O) groups is 1. The summed E-state index contributed by atoms with van der Waals surface area (Å²) in [5.74, 6) is 1.01. The van der Waals surface area contributed by atoms with Gasteiger partial charge < -0.3 is 10.6 Å². The molecule has 1 atom stereocenters. The zero-order chi connectivity index (χ0) is 17.0. The Labute approximate surface area is 137 Å². The summed E-state index contributed by atoms with van der Waals surface area (Å²) in [6, 6.07) is 11.9. The van der Waals surface area contributed by atoms with Crippen LogP contribution in [-0.2, 0) is 0 Å². The molecule has 0 aliphatic rings. The largest absolute Gasteiger partial charge is 0.363 e. The highest BCUT2D eigenvalue weighted by atomic mass is 16.2.